The minimum Gasteiger partial charge on any atom is -0.492 e. The molecule has 2 N–H and O–H groups in total. The molecule has 4 rings (SSSR count). The predicted molar refractivity (Wildman–Crippen MR) is 145 cm³/mol. The quantitative estimate of drug-likeness (QED) is 0.459. The van der Waals surface area contributed by atoms with Crippen LogP contribution in [0, 0.1) is 0 Å². The third-order valence-corrected chi connectivity index (χ3v) is 6.82. The van der Waals surface area contributed by atoms with E-state index in [4.69, 9.17) is 14.5 Å². The van der Waals surface area contributed by atoms with Gasteiger partial charge in [-0.15, -0.1) is 0 Å². The predicted octanol–water partition coefficient (Wildman–Crippen LogP) is 5.80. The zero-order valence-electron chi connectivity index (χ0n) is 21.0. The molecule has 2 aliphatic rings. The van der Waals surface area contributed by atoms with Crippen molar-refractivity contribution in [3.8, 4) is 5.75 Å². The average Bonchev–Trinajstić information content (AvgIpc) is 2.84. The molecule has 0 aliphatic carbocycles. The van der Waals surface area contributed by atoms with Gasteiger partial charge < -0.3 is 25.0 Å². The lowest BCUT2D eigenvalue weighted by Gasteiger charge is -2.40. The van der Waals surface area contributed by atoms with E-state index < -0.39 is 0 Å². The number of nitrogens with zero attached hydrogens (tertiary/aromatic N) is 2. The number of carbonyl (C=O) groups excluding carboxylic acids is 2. The maximum Gasteiger partial charge on any atom is 0.338 e. The topological polar surface area (TPSA) is 92.3 Å². The normalized spacial score (nSPS) is 17.3. The van der Waals surface area contributed by atoms with Crippen LogP contribution in [0.5, 0.6) is 5.75 Å². The Hall–Kier alpha value is -3.46. The first-order valence-electron chi connectivity index (χ1n) is 12.2. The highest BCUT2D eigenvalue weighted by Crippen LogP contribution is 2.40. The highest BCUT2D eigenvalue weighted by atomic mass is 32.2. The molecule has 1 fully saturated rings. The number of benzene rings is 2. The van der Waals surface area contributed by atoms with E-state index in [1.54, 1.807) is 17.8 Å². The van der Waals surface area contributed by atoms with Gasteiger partial charge in [0.05, 0.1) is 35.7 Å². The zero-order chi connectivity index (χ0) is 25.7. The van der Waals surface area contributed by atoms with E-state index in [0.29, 0.717) is 35.0 Å². The molecule has 190 valence electrons. The van der Waals surface area contributed by atoms with Crippen molar-refractivity contribution in [3.05, 3.63) is 65.4 Å². The first-order valence-corrected chi connectivity index (χ1v) is 13.2. The maximum atomic E-state index is 13.1. The molecule has 0 spiro atoms. The van der Waals surface area contributed by atoms with Crippen LogP contribution in [-0.4, -0.2) is 47.1 Å². The summed E-state index contributed by atoms with van der Waals surface area (Å²) in [6.07, 6.45) is 0.784. The van der Waals surface area contributed by atoms with E-state index >= 15 is 0 Å². The number of nitrogens with one attached hydrogen (secondary N) is 2. The maximum absolute atomic E-state index is 13.1. The summed E-state index contributed by atoms with van der Waals surface area (Å²) in [6.45, 7) is 8.76. The molecule has 2 amide bonds. The average molecular weight is 509 g/mol. The van der Waals surface area contributed by atoms with Crippen molar-refractivity contribution < 1.29 is 19.1 Å². The second kappa shape index (κ2) is 11.5. The third kappa shape index (κ3) is 5.84. The Kier molecular flexibility index (Phi) is 8.20. The molecule has 9 heteroatoms. The van der Waals surface area contributed by atoms with Gasteiger partial charge in [-0.3, -0.25) is 0 Å². The van der Waals surface area contributed by atoms with Crippen LogP contribution in [0.3, 0.4) is 0 Å². The number of esters is 1. The van der Waals surface area contributed by atoms with E-state index in [2.05, 4.69) is 15.5 Å². The van der Waals surface area contributed by atoms with Gasteiger partial charge in [0.2, 0.25) is 0 Å². The molecular weight excluding hydrogens is 476 g/mol. The monoisotopic (exact) mass is 508 g/mol. The van der Waals surface area contributed by atoms with Crippen LogP contribution >= 0.6 is 11.8 Å². The number of aliphatic imine (C=N–C) groups is 1. The van der Waals surface area contributed by atoms with Gasteiger partial charge in [-0.25, -0.2) is 14.6 Å². The molecule has 1 atom stereocenters. The summed E-state index contributed by atoms with van der Waals surface area (Å²) < 4.78 is 11.2. The molecule has 8 nitrogen and oxygen atoms in total. The minimum absolute atomic E-state index is 0.225. The molecule has 2 aliphatic heterocycles. The fraction of sp³-hybridized carbons (Fsp3) is 0.370. The number of allylic oxidation sites excluding steroid dienone is 1. The number of carbonyl (C=O) groups is 2. The Morgan fingerprint density at radius 3 is 2.61 bits per heavy atom. The fourth-order valence-electron chi connectivity index (χ4n) is 4.24. The Bertz CT molecular complexity index is 1180. The van der Waals surface area contributed by atoms with E-state index in [-0.39, 0.29) is 24.1 Å². The number of ether oxygens (including phenoxy) is 2. The lowest BCUT2D eigenvalue weighted by atomic mass is 9.94. The molecule has 2 aromatic carbocycles. The van der Waals surface area contributed by atoms with Gasteiger partial charge in [0, 0.05) is 18.0 Å². The summed E-state index contributed by atoms with van der Waals surface area (Å²) in [5.74, 6) is 1.27. The van der Waals surface area contributed by atoms with Gasteiger partial charge in [-0.05, 0) is 63.9 Å². The van der Waals surface area contributed by atoms with Crippen LogP contribution in [0.25, 0.3) is 0 Å². The Balaban J connectivity index is 1.54. The van der Waals surface area contributed by atoms with Crippen LogP contribution in [0.15, 0.2) is 64.8 Å². The molecule has 1 saturated heterocycles. The van der Waals surface area contributed by atoms with Crippen molar-refractivity contribution in [1.29, 1.82) is 0 Å². The first kappa shape index (κ1) is 25.6. The van der Waals surface area contributed by atoms with Gasteiger partial charge in [0.1, 0.15) is 5.75 Å². The van der Waals surface area contributed by atoms with E-state index in [1.165, 1.54) is 0 Å². The zero-order valence-corrected chi connectivity index (χ0v) is 21.9. The lowest BCUT2D eigenvalue weighted by molar-refractivity contribution is -0.143. The van der Waals surface area contributed by atoms with Gasteiger partial charge in [-0.1, -0.05) is 36.0 Å². The number of hydrogen-bond acceptors (Lipinski definition) is 7. The first-order chi connectivity index (χ1) is 17.4. The third-order valence-electron chi connectivity index (χ3n) is 5.74. The molecule has 0 bridgehead atoms. The van der Waals surface area contributed by atoms with Crippen molar-refractivity contribution in [3.63, 3.8) is 0 Å². The summed E-state index contributed by atoms with van der Waals surface area (Å²) in [5, 5.41) is 6.63. The van der Waals surface area contributed by atoms with Gasteiger partial charge in [0.25, 0.3) is 0 Å². The van der Waals surface area contributed by atoms with Crippen molar-refractivity contribution in [2.24, 2.45) is 4.99 Å². The molecule has 0 saturated carbocycles. The number of thioether (sulfide) groups is 1. The Morgan fingerprint density at radius 2 is 1.89 bits per heavy atom. The molecule has 0 radical (unpaired) electrons. The Morgan fingerprint density at radius 1 is 1.14 bits per heavy atom. The van der Waals surface area contributed by atoms with Crippen LogP contribution in [0.2, 0.25) is 0 Å². The summed E-state index contributed by atoms with van der Waals surface area (Å²) in [6, 6.07) is 14.2. The van der Waals surface area contributed by atoms with Gasteiger partial charge >= 0.3 is 12.0 Å². The second-order valence-corrected chi connectivity index (χ2v) is 9.84. The SMILES string of the molecule is CCOc1ccccc1NC(=O)Nc1ccc(C2C(C(=O)OC(C)C)=C(C)N=C3SCCCN32)cc1. The highest BCUT2D eigenvalue weighted by Gasteiger charge is 2.38. The number of anilines is 2. The van der Waals surface area contributed by atoms with E-state index in [0.717, 1.165) is 29.4 Å². The number of para-hydroxylation sites is 2. The second-order valence-electron chi connectivity index (χ2n) is 8.78. The van der Waals surface area contributed by atoms with Crippen molar-refractivity contribution >= 4 is 40.3 Å². The largest absolute Gasteiger partial charge is 0.492 e. The standard InChI is InChI=1S/C27H32N4O4S/c1-5-34-22-10-7-6-9-21(22)30-26(33)29-20-13-11-19(12-14-20)24-23(25(32)35-17(2)3)18(4)28-27-31(24)15-8-16-36-27/h6-7,9-14,17,24H,5,8,15-16H2,1-4H3,(H2,29,30,33). The van der Waals surface area contributed by atoms with Crippen molar-refractivity contribution in [2.75, 3.05) is 29.5 Å². The summed E-state index contributed by atoms with van der Waals surface area (Å²) in [7, 11) is 0. The molecule has 0 aromatic heterocycles. The smallest absolute Gasteiger partial charge is 0.338 e. The van der Waals surface area contributed by atoms with Gasteiger partial charge in [0.15, 0.2) is 5.17 Å². The van der Waals surface area contributed by atoms with Crippen LogP contribution in [-0.2, 0) is 9.53 Å². The molecule has 2 heterocycles. The number of amides is 2. The number of hydrogen-bond donors (Lipinski definition) is 2. The van der Waals surface area contributed by atoms with E-state index in [1.807, 2.05) is 70.2 Å². The fourth-order valence-corrected chi connectivity index (χ4v) is 5.26. The minimum atomic E-state index is -0.369. The highest BCUT2D eigenvalue weighted by molar-refractivity contribution is 8.13. The molecule has 2 aromatic rings. The summed E-state index contributed by atoms with van der Waals surface area (Å²) >= 11 is 1.71. The number of urea groups is 1. The van der Waals surface area contributed by atoms with Crippen molar-refractivity contribution in [2.45, 2.75) is 46.3 Å². The summed E-state index contributed by atoms with van der Waals surface area (Å²) in [5.41, 5.74) is 3.41. The van der Waals surface area contributed by atoms with Gasteiger partial charge in [-0.2, -0.15) is 0 Å². The van der Waals surface area contributed by atoms with Crippen molar-refractivity contribution in [1.82, 2.24) is 4.90 Å². The van der Waals surface area contributed by atoms with Crippen LogP contribution < -0.4 is 15.4 Å². The Labute approximate surface area is 216 Å². The lowest BCUT2D eigenvalue weighted by Crippen LogP contribution is -2.42. The molecule has 1 unspecified atom stereocenters. The number of rotatable bonds is 7. The van der Waals surface area contributed by atoms with Crippen LogP contribution in [0.1, 0.15) is 45.7 Å². The summed E-state index contributed by atoms with van der Waals surface area (Å²) in [4.78, 5) is 32.6. The molecule has 36 heavy (non-hydrogen) atoms. The number of amidine groups is 1. The van der Waals surface area contributed by atoms with E-state index in [9.17, 15) is 9.59 Å². The number of fused-ring (bicyclic) bond motifs is 1. The van der Waals surface area contributed by atoms with Crippen LogP contribution in [0.4, 0.5) is 16.2 Å². The molecular formula is C27H32N4O4S.